The predicted octanol–water partition coefficient (Wildman–Crippen LogP) is 17.6. The van der Waals surface area contributed by atoms with E-state index in [9.17, 15) is 0 Å². The molecule has 0 bridgehead atoms. The third-order valence-electron chi connectivity index (χ3n) is 13.3. The zero-order chi connectivity index (χ0) is 48.4. The highest BCUT2D eigenvalue weighted by Crippen LogP contribution is 2.42. The van der Waals surface area contributed by atoms with E-state index in [1.165, 1.54) is 44.3 Å². The van der Waals surface area contributed by atoms with Gasteiger partial charge >= 0.3 is 0 Å². The summed E-state index contributed by atoms with van der Waals surface area (Å²) in [6.45, 7) is 34.0. The van der Waals surface area contributed by atoms with Crippen molar-refractivity contribution in [3.05, 3.63) is 167 Å². The van der Waals surface area contributed by atoms with Crippen LogP contribution in [-0.4, -0.2) is 16.6 Å². The number of aromatic nitrogens is 2. The lowest BCUT2D eigenvalue weighted by molar-refractivity contribution is 0.483. The molecule has 8 rings (SSSR count). The van der Waals surface area contributed by atoms with Crippen LogP contribution in [0, 0.1) is 0 Å². The number of benzene rings is 6. The minimum Gasteiger partial charge on any atom is -0.457 e. The quantitative estimate of drug-likeness (QED) is 0.165. The highest BCUT2D eigenvalue weighted by Gasteiger charge is 2.24. The van der Waals surface area contributed by atoms with E-state index < -0.39 is 0 Å². The van der Waals surface area contributed by atoms with Crippen molar-refractivity contribution in [2.75, 3.05) is 17.3 Å². The summed E-state index contributed by atoms with van der Waals surface area (Å²) in [6, 6.07) is 48.9. The first kappa shape index (κ1) is 47.2. The standard InChI is InChI=1S/C62H72N4O/c1-58(2,3)42-22-20-40(21-23-42)41-32-46(62(13,14)15)34-47(33-41)64-53-35-43(59(4,5)6)25-29-54(53)65(16)48-18-17-19-49(38-48)67-50-26-28-52-51-27-24-44(60(7,8)9)36-55(51)66(56(52)39-50)57-37-45(30-31-63-57)61(10,11)12/h17-39,64H,1-16H3. The molecule has 346 valence electrons. The van der Waals surface area contributed by atoms with Crippen LogP contribution in [0.3, 0.4) is 0 Å². The van der Waals surface area contributed by atoms with Crippen molar-refractivity contribution in [2.45, 2.75) is 131 Å². The molecule has 8 aromatic rings. The Balaban J connectivity index is 1.17. The van der Waals surface area contributed by atoms with Gasteiger partial charge in [0.05, 0.1) is 22.4 Å². The van der Waals surface area contributed by atoms with E-state index in [0.717, 1.165) is 56.5 Å². The topological polar surface area (TPSA) is 42.3 Å². The SMILES string of the molecule is CN(c1cccc(Oc2ccc3c4ccc(C(C)(C)C)cc4n(-c4cc(C(C)(C)C)ccn4)c3c2)c1)c1ccc(C(C)(C)C)cc1Nc1cc(-c2ccc(C(C)(C)C)cc2)cc(C(C)(C)C)c1. The van der Waals surface area contributed by atoms with Gasteiger partial charge in [0.25, 0.3) is 0 Å². The van der Waals surface area contributed by atoms with Gasteiger partial charge in [-0.1, -0.05) is 158 Å². The van der Waals surface area contributed by atoms with Crippen LogP contribution in [0.15, 0.2) is 140 Å². The van der Waals surface area contributed by atoms with E-state index >= 15 is 0 Å². The number of pyridine rings is 1. The molecule has 0 aliphatic rings. The summed E-state index contributed by atoms with van der Waals surface area (Å²) in [5.41, 5.74) is 15.2. The summed E-state index contributed by atoms with van der Waals surface area (Å²) in [5.74, 6) is 2.42. The highest BCUT2D eigenvalue weighted by molar-refractivity contribution is 6.09. The number of rotatable bonds is 8. The Kier molecular flexibility index (Phi) is 12.0. The number of anilines is 4. The van der Waals surface area contributed by atoms with Crippen molar-refractivity contribution in [1.29, 1.82) is 0 Å². The molecule has 0 unspecified atom stereocenters. The molecule has 0 amide bonds. The van der Waals surface area contributed by atoms with Crippen molar-refractivity contribution in [1.82, 2.24) is 9.55 Å². The maximum absolute atomic E-state index is 6.80. The molecule has 5 heteroatoms. The first-order chi connectivity index (χ1) is 31.2. The minimum absolute atomic E-state index is 0.00565. The van der Waals surface area contributed by atoms with Gasteiger partial charge in [-0.05, 0) is 133 Å². The number of hydrogen-bond donors (Lipinski definition) is 1. The van der Waals surface area contributed by atoms with Crippen LogP contribution in [0.5, 0.6) is 11.5 Å². The van der Waals surface area contributed by atoms with E-state index in [0.29, 0.717) is 0 Å². The van der Waals surface area contributed by atoms with Crippen LogP contribution >= 0.6 is 0 Å². The second-order valence-corrected chi connectivity index (χ2v) is 23.8. The minimum atomic E-state index is -0.0454. The molecule has 0 atom stereocenters. The largest absolute Gasteiger partial charge is 0.457 e. The number of nitrogens with zero attached hydrogens (tertiary/aromatic N) is 3. The molecule has 0 saturated carbocycles. The number of ether oxygens (including phenoxy) is 1. The Morgan fingerprint density at radius 1 is 0.463 bits per heavy atom. The van der Waals surface area contributed by atoms with Crippen LogP contribution in [0.1, 0.15) is 132 Å². The molecule has 0 spiro atoms. The van der Waals surface area contributed by atoms with Gasteiger partial charge < -0.3 is 15.0 Å². The first-order valence-electron chi connectivity index (χ1n) is 24.0. The molecule has 5 nitrogen and oxygen atoms in total. The summed E-state index contributed by atoms with van der Waals surface area (Å²) in [4.78, 5) is 7.22. The van der Waals surface area contributed by atoms with Crippen molar-refractivity contribution in [3.8, 4) is 28.4 Å². The fraction of sp³-hybridized carbons (Fsp3) is 0.339. The third kappa shape index (κ3) is 10.0. The lowest BCUT2D eigenvalue weighted by atomic mass is 9.83. The van der Waals surface area contributed by atoms with Crippen molar-refractivity contribution in [2.24, 2.45) is 0 Å². The second-order valence-electron chi connectivity index (χ2n) is 23.8. The van der Waals surface area contributed by atoms with Crippen molar-refractivity contribution in [3.63, 3.8) is 0 Å². The molecular formula is C62H72N4O. The Bertz CT molecular complexity index is 3100. The van der Waals surface area contributed by atoms with E-state index in [1.54, 1.807) is 0 Å². The molecular weight excluding hydrogens is 817 g/mol. The van der Waals surface area contributed by atoms with Gasteiger partial charge in [-0.15, -0.1) is 0 Å². The fourth-order valence-corrected chi connectivity index (χ4v) is 8.83. The summed E-state index contributed by atoms with van der Waals surface area (Å²) in [6.07, 6.45) is 1.94. The average molecular weight is 889 g/mol. The van der Waals surface area contributed by atoms with E-state index in [1.807, 2.05) is 12.3 Å². The third-order valence-corrected chi connectivity index (χ3v) is 13.3. The predicted molar refractivity (Wildman–Crippen MR) is 288 cm³/mol. The summed E-state index contributed by atoms with van der Waals surface area (Å²) >= 11 is 0. The van der Waals surface area contributed by atoms with Crippen LogP contribution in [-0.2, 0) is 27.1 Å². The van der Waals surface area contributed by atoms with Gasteiger partial charge in [0.2, 0.25) is 0 Å². The fourth-order valence-electron chi connectivity index (χ4n) is 8.83. The van der Waals surface area contributed by atoms with Crippen LogP contribution < -0.4 is 15.0 Å². The molecule has 0 aliphatic heterocycles. The molecule has 2 aromatic heterocycles. The van der Waals surface area contributed by atoms with Crippen LogP contribution in [0.4, 0.5) is 22.7 Å². The molecule has 0 aliphatic carbocycles. The maximum Gasteiger partial charge on any atom is 0.137 e. The van der Waals surface area contributed by atoms with Crippen LogP contribution in [0.25, 0.3) is 38.8 Å². The van der Waals surface area contributed by atoms with Gasteiger partial charge in [0.1, 0.15) is 17.3 Å². The molecule has 67 heavy (non-hydrogen) atoms. The van der Waals surface area contributed by atoms with E-state index in [2.05, 4.69) is 253 Å². The normalized spacial score (nSPS) is 12.8. The van der Waals surface area contributed by atoms with Gasteiger partial charge in [0.15, 0.2) is 0 Å². The van der Waals surface area contributed by atoms with Gasteiger partial charge in [-0.3, -0.25) is 4.57 Å². The molecule has 0 saturated heterocycles. The van der Waals surface area contributed by atoms with E-state index in [4.69, 9.17) is 9.72 Å². The molecule has 0 radical (unpaired) electrons. The summed E-state index contributed by atoms with van der Waals surface area (Å²) < 4.78 is 9.11. The van der Waals surface area contributed by atoms with Gasteiger partial charge in [0, 0.05) is 47.5 Å². The summed E-state index contributed by atoms with van der Waals surface area (Å²) in [7, 11) is 2.14. The highest BCUT2D eigenvalue weighted by atomic mass is 16.5. The Hall–Kier alpha value is -6.33. The molecule has 1 N–H and O–H groups in total. The number of hydrogen-bond acceptors (Lipinski definition) is 4. The smallest absolute Gasteiger partial charge is 0.137 e. The number of fused-ring (bicyclic) bond motifs is 3. The lowest BCUT2D eigenvalue weighted by Gasteiger charge is -2.28. The average Bonchev–Trinajstić information content (AvgIpc) is 3.57. The van der Waals surface area contributed by atoms with Crippen molar-refractivity contribution < 1.29 is 4.74 Å². The Morgan fingerprint density at radius 3 is 1.66 bits per heavy atom. The zero-order valence-electron chi connectivity index (χ0n) is 43.0. The number of nitrogens with one attached hydrogen (secondary N) is 1. The Labute approximate surface area is 401 Å². The monoisotopic (exact) mass is 889 g/mol. The van der Waals surface area contributed by atoms with Crippen LogP contribution in [0.2, 0.25) is 0 Å². The summed E-state index contributed by atoms with van der Waals surface area (Å²) in [5, 5.41) is 6.30. The van der Waals surface area contributed by atoms with Gasteiger partial charge in [-0.25, -0.2) is 4.98 Å². The second kappa shape index (κ2) is 17.1. The lowest BCUT2D eigenvalue weighted by Crippen LogP contribution is -2.15. The van der Waals surface area contributed by atoms with Crippen molar-refractivity contribution >= 4 is 44.6 Å². The van der Waals surface area contributed by atoms with E-state index in [-0.39, 0.29) is 27.1 Å². The van der Waals surface area contributed by atoms with Gasteiger partial charge in [-0.2, -0.15) is 0 Å². The first-order valence-corrected chi connectivity index (χ1v) is 24.0. The Morgan fingerprint density at radius 2 is 1.01 bits per heavy atom. The zero-order valence-corrected chi connectivity index (χ0v) is 43.0. The maximum atomic E-state index is 6.80. The molecule has 0 fully saturated rings. The molecule has 2 heterocycles. The molecule has 6 aromatic carbocycles.